The number of aliphatic carboxylic acids is 2. The van der Waals surface area contributed by atoms with E-state index in [1.807, 2.05) is 22.4 Å². The van der Waals surface area contributed by atoms with E-state index in [9.17, 15) is 76.0 Å². The Hall–Kier alpha value is -1.00. The zero-order chi connectivity index (χ0) is 37.9. The molecule has 4 aliphatic rings. The van der Waals surface area contributed by atoms with E-state index >= 15 is 0 Å². The van der Waals surface area contributed by atoms with Crippen molar-refractivity contribution in [3.8, 4) is 0 Å². The Labute approximate surface area is 301 Å². The van der Waals surface area contributed by atoms with Crippen LogP contribution in [0.1, 0.15) is 0 Å². The van der Waals surface area contributed by atoms with Crippen molar-refractivity contribution in [2.45, 2.75) is 123 Å². The molecule has 14 N–H and O–H groups in total. The summed E-state index contributed by atoms with van der Waals surface area (Å²) in [5.74, 6) is -3.56. The molecule has 20 atom stereocenters. The second-order valence-electron chi connectivity index (χ2n) is 11.9. The zero-order valence-electron chi connectivity index (χ0n) is 26.1. The number of carboxylic acid groups (broad SMARTS) is 2. The maximum atomic E-state index is 12.0. The summed E-state index contributed by atoms with van der Waals surface area (Å²) in [7, 11) is -0.120. The molecule has 4 rings (SSSR count). The maximum absolute atomic E-state index is 12.0. The van der Waals surface area contributed by atoms with Crippen molar-refractivity contribution in [3.63, 3.8) is 0 Å². The fourth-order valence-electron chi connectivity index (χ4n) is 5.81. The van der Waals surface area contributed by atoms with Crippen LogP contribution in [-0.4, -0.2) is 227 Å². The zero-order valence-corrected chi connectivity index (χ0v) is 28.3. The van der Waals surface area contributed by atoms with Crippen molar-refractivity contribution in [2.24, 2.45) is 0 Å². The van der Waals surface area contributed by atoms with Crippen LogP contribution >= 0.6 is 22.4 Å². The van der Waals surface area contributed by atoms with Crippen LogP contribution < -0.4 is 5.14 Å². The van der Waals surface area contributed by atoms with Crippen molar-refractivity contribution in [2.75, 3.05) is 13.2 Å². The minimum absolute atomic E-state index is 0.120. The predicted octanol–water partition coefficient (Wildman–Crippen LogP) is -9.98. The molecule has 292 valence electrons. The van der Waals surface area contributed by atoms with Gasteiger partial charge in [-0.3, -0.25) is 0 Å². The normalized spacial score (nSPS) is 47.8. The lowest BCUT2D eigenvalue weighted by atomic mass is 9.95. The van der Waals surface area contributed by atoms with E-state index in [4.69, 9.17) is 37.8 Å². The molecule has 0 saturated carbocycles. The number of hydrogen-bond donors (Lipinski definition) is 14. The molecule has 20 unspecified atom stereocenters. The van der Waals surface area contributed by atoms with Gasteiger partial charge in [0.1, 0.15) is 85.5 Å². The third kappa shape index (κ3) is 9.28. The molecule has 51 heavy (non-hydrogen) atoms. The Morgan fingerprint density at radius 3 is 1.45 bits per heavy atom. The van der Waals surface area contributed by atoms with Crippen LogP contribution in [0, 0.1) is 0 Å². The van der Waals surface area contributed by atoms with Crippen LogP contribution in [0.15, 0.2) is 0 Å². The highest BCUT2D eigenvalue weighted by Gasteiger charge is 2.56. The van der Waals surface area contributed by atoms with Gasteiger partial charge in [-0.1, -0.05) is 0 Å². The van der Waals surface area contributed by atoms with Crippen molar-refractivity contribution in [1.29, 1.82) is 0 Å². The van der Waals surface area contributed by atoms with Gasteiger partial charge < -0.3 is 109 Å². The summed E-state index contributed by atoms with van der Waals surface area (Å²) in [4.78, 5) is 23.5. The Balaban J connectivity index is 1.49. The van der Waals surface area contributed by atoms with Gasteiger partial charge in [-0.2, -0.15) is 0 Å². The van der Waals surface area contributed by atoms with E-state index in [1.165, 1.54) is 0 Å². The maximum Gasteiger partial charge on any atom is 0.352 e. The van der Waals surface area contributed by atoms with Gasteiger partial charge in [0, 0.05) is 0 Å². The highest BCUT2D eigenvalue weighted by Crippen LogP contribution is 2.34. The number of nitrogens with one attached hydrogen (secondary N) is 1. The summed E-state index contributed by atoms with van der Waals surface area (Å²) < 4.78 is 42.9. The molecule has 0 aromatic rings. The number of rotatable bonds is 14. The number of aliphatic hydroxyl groups excluding tert-OH is 11. The monoisotopic (exact) mass is 859 g/mol. The fraction of sp³-hybridized carbons (Fsp3) is 0.917. The highest BCUT2D eigenvalue weighted by molar-refractivity contribution is 14.1. The van der Waals surface area contributed by atoms with Crippen molar-refractivity contribution < 1.29 is 114 Å². The molecule has 0 aliphatic carbocycles. The molecule has 27 heteroatoms. The molecule has 0 spiro atoms. The van der Waals surface area contributed by atoms with E-state index in [0.29, 0.717) is 5.27 Å². The molecule has 0 aromatic carbocycles. The van der Waals surface area contributed by atoms with Gasteiger partial charge in [0.25, 0.3) is 5.27 Å². The number of aliphatic hydroxyl groups is 11. The average molecular weight is 859 g/mol. The van der Waals surface area contributed by atoms with E-state index in [2.05, 4.69) is 5.14 Å². The topological polar surface area (TPSA) is 383 Å². The summed E-state index contributed by atoms with van der Waals surface area (Å²) in [6.07, 6.45) is -39.6. The van der Waals surface area contributed by atoms with E-state index in [0.717, 1.165) is 0 Å². The number of halogens is 1. The molecule has 0 radical (unpaired) electrons. The van der Waals surface area contributed by atoms with Gasteiger partial charge in [-0.05, 0) is 0 Å². The van der Waals surface area contributed by atoms with Crippen LogP contribution in [0.3, 0.4) is 0 Å². The predicted molar refractivity (Wildman–Crippen MR) is 165 cm³/mol. The molecule has 0 amide bonds. The van der Waals surface area contributed by atoms with Gasteiger partial charge in [-0.25, -0.2) is 9.59 Å². The summed E-state index contributed by atoms with van der Waals surface area (Å²) in [5.41, 5.74) is 0. The summed E-state index contributed by atoms with van der Waals surface area (Å²) in [5, 5.41) is 137. The second kappa shape index (κ2) is 18.6. The van der Waals surface area contributed by atoms with Gasteiger partial charge in [0.05, 0.1) is 13.2 Å². The van der Waals surface area contributed by atoms with Crippen LogP contribution in [0.5, 0.6) is 0 Å². The third-order valence-electron chi connectivity index (χ3n) is 8.56. The molecule has 4 heterocycles. The first-order valence-corrected chi connectivity index (χ1v) is 16.9. The van der Waals surface area contributed by atoms with Crippen LogP contribution in [-0.2, 0) is 47.4 Å². The fourth-order valence-corrected chi connectivity index (χ4v) is 6.03. The van der Waals surface area contributed by atoms with Crippen LogP contribution in [0.2, 0.25) is 0 Å². The van der Waals surface area contributed by atoms with Gasteiger partial charge >= 0.3 is 19.6 Å². The number of carbonyl (C=O) groups is 2. The molecular weight excluding hydrogens is 819 g/mol. The lowest BCUT2D eigenvalue weighted by Gasteiger charge is -2.48. The molecule has 4 saturated heterocycles. The lowest BCUT2D eigenvalue weighted by Crippen LogP contribution is -2.68. The van der Waals surface area contributed by atoms with Gasteiger partial charge in [0.2, 0.25) is 0 Å². The third-order valence-corrected chi connectivity index (χ3v) is 9.10. The van der Waals surface area contributed by atoms with E-state index in [-0.39, 0.29) is 7.62 Å². The first-order chi connectivity index (χ1) is 24.1. The highest BCUT2D eigenvalue weighted by atomic mass is 127. The molecule has 4 aliphatic heterocycles. The van der Waals surface area contributed by atoms with Gasteiger partial charge in [-0.15, -0.1) is 22.4 Å². The Kier molecular flexibility index (Phi) is 15.5. The SMILES string of the molecule is O=C(O)C1OC(OC2C(CO)OC(OC3C(O)C(OC4C(CO)OC(OBNBI)C(O)C4O)OC(C(=O)O)C3O)C(O)C2O)C(O)C(O)C1O. The number of hydrogen-bond acceptors (Lipinski definition) is 22. The average Bonchev–Trinajstić information content (AvgIpc) is 3.09. The van der Waals surface area contributed by atoms with E-state index < -0.39 is 148 Å². The Morgan fingerprint density at radius 2 is 0.961 bits per heavy atom. The van der Waals surface area contributed by atoms with Gasteiger partial charge in [0.15, 0.2) is 37.4 Å². The first kappa shape index (κ1) is 42.7. The molecule has 4 fully saturated rings. The van der Waals surface area contributed by atoms with Crippen molar-refractivity contribution in [3.05, 3.63) is 0 Å². The standard InChI is InChI=1S/C24H40B2INO23/c27-25-28-26-51-24-11(37)8(34)15(4(2-30)45-24)47-23-13(39)16(12(38)18(50-23)20(42)43)48-21-10(36)7(33)14(3(1-29)44-21)46-22-9(35)5(31)6(32)17(49-22)19(40)41/h3-18,21-26,28-39H,1-2H2,(H,40,41)(H,42,43). The molecular formula is C24H40B2INO23. The van der Waals surface area contributed by atoms with Crippen molar-refractivity contribution in [1.82, 2.24) is 5.14 Å². The van der Waals surface area contributed by atoms with Crippen molar-refractivity contribution >= 4 is 47.2 Å². The molecule has 0 bridgehead atoms. The first-order valence-electron chi connectivity index (χ1n) is 15.3. The Morgan fingerprint density at radius 1 is 0.549 bits per heavy atom. The summed E-state index contributed by atoms with van der Waals surface area (Å²) >= 11 is 1.98. The van der Waals surface area contributed by atoms with E-state index in [1.54, 1.807) is 0 Å². The molecule has 0 aromatic heterocycles. The number of carboxylic acids is 2. The number of ether oxygens (including phenoxy) is 7. The summed E-state index contributed by atoms with van der Waals surface area (Å²) in [6, 6.07) is 0. The van der Waals surface area contributed by atoms with Crippen LogP contribution in [0.25, 0.3) is 0 Å². The minimum Gasteiger partial charge on any atom is -0.479 e. The van der Waals surface area contributed by atoms with Crippen LogP contribution in [0.4, 0.5) is 0 Å². The minimum atomic E-state index is -2.24. The largest absolute Gasteiger partial charge is 0.479 e. The second-order valence-corrected chi connectivity index (χ2v) is 12.7. The smallest absolute Gasteiger partial charge is 0.352 e. The summed E-state index contributed by atoms with van der Waals surface area (Å²) in [6.45, 7) is -1.87. The Bertz CT molecular complexity index is 1150. The molecule has 24 nitrogen and oxygen atoms in total. The lowest BCUT2D eigenvalue weighted by molar-refractivity contribution is -0.384. The quantitative estimate of drug-likeness (QED) is 0.0438.